The van der Waals surface area contributed by atoms with Crippen LogP contribution in [0.1, 0.15) is 32.3 Å². The zero-order valence-electron chi connectivity index (χ0n) is 33.1. The Labute approximate surface area is 342 Å². The highest BCUT2D eigenvalue weighted by atomic mass is 15.1. The van der Waals surface area contributed by atoms with E-state index in [9.17, 15) is 0 Å². The van der Waals surface area contributed by atoms with Crippen molar-refractivity contribution in [3.8, 4) is 39.1 Å². The van der Waals surface area contributed by atoms with Crippen LogP contribution in [0.5, 0.6) is 0 Å². The standard InChI is InChI=1S/C54H40N2.C2H6/c1-38-15-11-12-32-55(47-23-9-4-10-24-47)52-30-27-44(35-50(38)52)45-28-31-53-51(36-45)49-29-26-46(42-21-13-20-41(33-42)39-16-5-2-6-17-39)37-54(49)56(53)48-25-14-22-43(34-48)40-18-7-3-8-19-40;1-2/h2-26,28-29,31-37H,1,27,30H2;1-2H3/b15-11-,32-12-;. The zero-order chi connectivity index (χ0) is 39.4. The van der Waals surface area contributed by atoms with Gasteiger partial charge in [-0.2, -0.15) is 0 Å². The number of hydrogen-bond acceptors (Lipinski definition) is 1. The van der Waals surface area contributed by atoms with Crippen LogP contribution in [-0.2, 0) is 0 Å². The molecule has 0 atom stereocenters. The van der Waals surface area contributed by atoms with Gasteiger partial charge in [0.25, 0.3) is 0 Å². The highest BCUT2D eigenvalue weighted by Crippen LogP contribution is 2.41. The summed E-state index contributed by atoms with van der Waals surface area (Å²) in [5.74, 6) is 0. The number of allylic oxidation sites excluding steroid dienone is 8. The van der Waals surface area contributed by atoms with Crippen LogP contribution in [0.15, 0.2) is 230 Å². The molecule has 0 bridgehead atoms. The Morgan fingerprint density at radius 2 is 1.03 bits per heavy atom. The number of nitrogens with zero attached hydrogens (tertiary/aromatic N) is 2. The summed E-state index contributed by atoms with van der Waals surface area (Å²) in [5, 5.41) is 2.49. The van der Waals surface area contributed by atoms with Gasteiger partial charge >= 0.3 is 0 Å². The maximum absolute atomic E-state index is 4.52. The molecule has 0 radical (unpaired) electrons. The van der Waals surface area contributed by atoms with E-state index in [-0.39, 0.29) is 0 Å². The predicted octanol–water partition coefficient (Wildman–Crippen LogP) is 15.4. The van der Waals surface area contributed by atoms with Crippen molar-refractivity contribution in [3.05, 3.63) is 235 Å². The van der Waals surface area contributed by atoms with Gasteiger partial charge in [0.15, 0.2) is 0 Å². The molecule has 0 saturated heterocycles. The van der Waals surface area contributed by atoms with Gasteiger partial charge in [-0.25, -0.2) is 0 Å². The summed E-state index contributed by atoms with van der Waals surface area (Å²) in [6, 6.07) is 63.8. The van der Waals surface area contributed by atoms with Gasteiger partial charge in [0.05, 0.1) is 11.0 Å². The third kappa shape index (κ3) is 6.95. The predicted molar refractivity (Wildman–Crippen MR) is 249 cm³/mol. The van der Waals surface area contributed by atoms with E-state index in [4.69, 9.17) is 0 Å². The molecule has 280 valence electrons. The normalized spacial score (nSPS) is 14.9. The van der Waals surface area contributed by atoms with Crippen LogP contribution >= 0.6 is 0 Å². The van der Waals surface area contributed by atoms with Gasteiger partial charge in [0.1, 0.15) is 0 Å². The van der Waals surface area contributed by atoms with Gasteiger partial charge in [-0.05, 0) is 124 Å². The van der Waals surface area contributed by atoms with E-state index in [0.29, 0.717) is 0 Å². The molecule has 0 N–H and O–H groups in total. The summed E-state index contributed by atoms with van der Waals surface area (Å²) in [5.41, 5.74) is 18.0. The van der Waals surface area contributed by atoms with Gasteiger partial charge < -0.3 is 9.47 Å². The van der Waals surface area contributed by atoms with Crippen LogP contribution in [0, 0.1) is 0 Å². The second kappa shape index (κ2) is 16.1. The topological polar surface area (TPSA) is 8.17 Å². The average molecular weight is 747 g/mol. The fraction of sp³-hybridized carbons (Fsp3) is 0.0714. The van der Waals surface area contributed by atoms with Crippen molar-refractivity contribution in [3.63, 3.8) is 0 Å². The van der Waals surface area contributed by atoms with Crippen molar-refractivity contribution in [2.75, 3.05) is 4.90 Å². The summed E-state index contributed by atoms with van der Waals surface area (Å²) in [6.45, 7) is 8.52. The molecule has 2 nitrogen and oxygen atoms in total. The van der Waals surface area contributed by atoms with Crippen molar-refractivity contribution in [2.45, 2.75) is 26.7 Å². The SMILES string of the molecule is C=C1/C=C\C=C/N(c2ccccc2)C2=C1C=C(c1ccc3c(c1)c1ccc(-c4cccc(-c5ccccc5)c4)cc1n3-c1cccc(-c3ccccc3)c1)CC2.CC. The van der Waals surface area contributed by atoms with Crippen LogP contribution in [0.4, 0.5) is 5.69 Å². The fourth-order valence-electron chi connectivity index (χ4n) is 8.43. The Morgan fingerprint density at radius 3 is 1.76 bits per heavy atom. The Hall–Kier alpha value is -7.16. The van der Waals surface area contributed by atoms with Gasteiger partial charge in [-0.15, -0.1) is 0 Å². The third-order valence-corrected chi connectivity index (χ3v) is 11.2. The minimum atomic E-state index is 0.921. The van der Waals surface area contributed by atoms with Crippen LogP contribution in [-0.4, -0.2) is 4.57 Å². The van der Waals surface area contributed by atoms with Crippen LogP contribution < -0.4 is 4.90 Å². The molecule has 8 aromatic rings. The second-order valence-corrected chi connectivity index (χ2v) is 14.6. The lowest BCUT2D eigenvalue weighted by molar-refractivity contribution is 0.910. The highest BCUT2D eigenvalue weighted by molar-refractivity contribution is 6.11. The Morgan fingerprint density at radius 1 is 0.448 bits per heavy atom. The molecule has 10 rings (SSSR count). The average Bonchev–Trinajstić information content (AvgIpc) is 3.63. The molecule has 1 aromatic heterocycles. The van der Waals surface area contributed by atoms with Gasteiger partial charge in [0, 0.05) is 39.6 Å². The zero-order valence-corrected chi connectivity index (χ0v) is 33.1. The molecule has 0 unspecified atom stereocenters. The number of hydrogen-bond donors (Lipinski definition) is 0. The van der Waals surface area contributed by atoms with E-state index in [1.165, 1.54) is 77.6 Å². The minimum absolute atomic E-state index is 0.921. The maximum Gasteiger partial charge on any atom is 0.0547 e. The molecule has 1 aliphatic heterocycles. The lowest BCUT2D eigenvalue weighted by Crippen LogP contribution is -2.20. The number of rotatable bonds is 6. The largest absolute Gasteiger partial charge is 0.320 e. The van der Waals surface area contributed by atoms with E-state index < -0.39 is 0 Å². The number of benzene rings is 7. The van der Waals surface area contributed by atoms with E-state index in [0.717, 1.165) is 29.8 Å². The molecule has 2 heteroatoms. The van der Waals surface area contributed by atoms with E-state index >= 15 is 0 Å². The van der Waals surface area contributed by atoms with Gasteiger partial charge in [-0.3, -0.25) is 0 Å². The lowest BCUT2D eigenvalue weighted by Gasteiger charge is -2.31. The lowest BCUT2D eigenvalue weighted by atomic mass is 9.87. The van der Waals surface area contributed by atoms with E-state index in [1.807, 2.05) is 13.8 Å². The van der Waals surface area contributed by atoms with Crippen molar-refractivity contribution in [2.24, 2.45) is 0 Å². The fourth-order valence-corrected chi connectivity index (χ4v) is 8.43. The quantitative estimate of drug-likeness (QED) is 0.164. The van der Waals surface area contributed by atoms with E-state index in [2.05, 4.69) is 222 Å². The molecule has 0 spiro atoms. The summed E-state index contributed by atoms with van der Waals surface area (Å²) in [4.78, 5) is 2.32. The van der Waals surface area contributed by atoms with Crippen molar-refractivity contribution in [1.29, 1.82) is 0 Å². The second-order valence-electron chi connectivity index (χ2n) is 14.6. The molecule has 2 aliphatic rings. The first-order valence-electron chi connectivity index (χ1n) is 20.4. The molecular weight excluding hydrogens is 701 g/mol. The first kappa shape index (κ1) is 36.5. The maximum atomic E-state index is 4.52. The van der Waals surface area contributed by atoms with Crippen LogP contribution in [0.3, 0.4) is 0 Å². The first-order chi connectivity index (χ1) is 28.7. The summed E-state index contributed by atoms with van der Waals surface area (Å²) >= 11 is 0. The molecule has 0 fully saturated rings. The van der Waals surface area contributed by atoms with Crippen molar-refractivity contribution >= 4 is 33.1 Å². The number of anilines is 1. The van der Waals surface area contributed by atoms with Crippen LogP contribution in [0.25, 0.3) is 66.4 Å². The Balaban J connectivity index is 0.00000215. The molecule has 1 aliphatic carbocycles. The monoisotopic (exact) mass is 746 g/mol. The molecule has 0 saturated carbocycles. The number of fused-ring (bicyclic) bond motifs is 3. The number of para-hydroxylation sites is 1. The summed E-state index contributed by atoms with van der Waals surface area (Å²) < 4.78 is 2.45. The molecule has 2 heterocycles. The van der Waals surface area contributed by atoms with E-state index in [1.54, 1.807) is 0 Å². The van der Waals surface area contributed by atoms with Crippen molar-refractivity contribution in [1.82, 2.24) is 4.57 Å². The number of aromatic nitrogens is 1. The molecule has 0 amide bonds. The van der Waals surface area contributed by atoms with Gasteiger partial charge in [0.2, 0.25) is 0 Å². The molecular formula is C56H46N2. The molecule has 58 heavy (non-hydrogen) atoms. The van der Waals surface area contributed by atoms with Crippen LogP contribution in [0.2, 0.25) is 0 Å². The summed E-state index contributed by atoms with van der Waals surface area (Å²) in [7, 11) is 0. The Bertz CT molecular complexity index is 2900. The Kier molecular flexibility index (Phi) is 10.1. The smallest absolute Gasteiger partial charge is 0.0547 e. The highest BCUT2D eigenvalue weighted by Gasteiger charge is 2.23. The van der Waals surface area contributed by atoms with Crippen molar-refractivity contribution < 1.29 is 0 Å². The third-order valence-electron chi connectivity index (χ3n) is 11.2. The summed E-state index contributed by atoms with van der Waals surface area (Å²) in [6.07, 6.45) is 12.7. The minimum Gasteiger partial charge on any atom is -0.320 e. The van der Waals surface area contributed by atoms with Gasteiger partial charge in [-0.1, -0.05) is 160 Å². The molecule has 7 aromatic carbocycles. The first-order valence-corrected chi connectivity index (χ1v) is 20.4.